The van der Waals surface area contributed by atoms with Gasteiger partial charge in [-0.15, -0.1) is 0 Å². The maximum Gasteiger partial charge on any atom is 0.310 e. The smallest absolute Gasteiger partial charge is 0.310 e. The molecule has 0 radical (unpaired) electrons. The van der Waals surface area contributed by atoms with Crippen LogP contribution in [0.5, 0.6) is 0 Å². The van der Waals surface area contributed by atoms with Crippen LogP contribution in [0.25, 0.3) is 0 Å². The molecule has 1 aliphatic heterocycles. The zero-order valence-corrected chi connectivity index (χ0v) is 10.9. The van der Waals surface area contributed by atoms with E-state index in [0.717, 1.165) is 0 Å². The Labute approximate surface area is 101 Å². The van der Waals surface area contributed by atoms with Gasteiger partial charge in [-0.05, 0) is 12.3 Å². The molecule has 6 nitrogen and oxygen atoms in total. The molecule has 0 bridgehead atoms. The number of hydrogen-bond donors (Lipinski definition) is 2. The molecule has 0 spiro atoms. The van der Waals surface area contributed by atoms with Crippen LogP contribution in [0.4, 0.5) is 0 Å². The number of carboxylic acids is 1. The molecule has 2 N–H and O–H groups in total. The molecule has 2 atom stereocenters. The first-order valence-electron chi connectivity index (χ1n) is 5.62. The zero-order chi connectivity index (χ0) is 13.1. The van der Waals surface area contributed by atoms with E-state index in [1.807, 2.05) is 13.8 Å². The molecule has 0 saturated carbocycles. The lowest BCUT2D eigenvalue weighted by atomic mass is 10.1. The topological polar surface area (TPSA) is 92.7 Å². The predicted molar refractivity (Wildman–Crippen MR) is 62.1 cm³/mol. The van der Waals surface area contributed by atoms with E-state index < -0.39 is 28.0 Å². The number of hydrogen-bond acceptors (Lipinski definition) is 4. The summed E-state index contributed by atoms with van der Waals surface area (Å²) in [6.45, 7) is 4.06. The minimum Gasteiger partial charge on any atom is -0.481 e. The van der Waals surface area contributed by atoms with E-state index in [0.29, 0.717) is 12.3 Å². The maximum atomic E-state index is 11.7. The highest BCUT2D eigenvalue weighted by Crippen LogP contribution is 2.15. The van der Waals surface area contributed by atoms with E-state index in [9.17, 15) is 13.2 Å². The van der Waals surface area contributed by atoms with Crippen LogP contribution in [0.2, 0.25) is 0 Å². The first-order chi connectivity index (χ1) is 7.82. The van der Waals surface area contributed by atoms with Gasteiger partial charge in [0, 0.05) is 0 Å². The van der Waals surface area contributed by atoms with Gasteiger partial charge in [-0.3, -0.25) is 4.79 Å². The normalized spacial score (nSPS) is 25.4. The molecule has 1 heterocycles. The SMILES string of the molecule is CC(C)CCS(=O)(=O)NC1COCC1C(=O)O. The highest BCUT2D eigenvalue weighted by atomic mass is 32.2. The molecule has 0 aliphatic carbocycles. The summed E-state index contributed by atoms with van der Waals surface area (Å²) in [6.07, 6.45) is 0.556. The maximum absolute atomic E-state index is 11.7. The quantitative estimate of drug-likeness (QED) is 0.708. The number of carboxylic acid groups (broad SMARTS) is 1. The van der Waals surface area contributed by atoms with Crippen LogP contribution in [-0.2, 0) is 19.6 Å². The van der Waals surface area contributed by atoms with Crippen molar-refractivity contribution >= 4 is 16.0 Å². The van der Waals surface area contributed by atoms with Gasteiger partial charge < -0.3 is 9.84 Å². The summed E-state index contributed by atoms with van der Waals surface area (Å²) in [4.78, 5) is 10.8. The van der Waals surface area contributed by atoms with Gasteiger partial charge >= 0.3 is 5.97 Å². The molecular weight excluding hydrogens is 246 g/mol. The van der Waals surface area contributed by atoms with Crippen molar-refractivity contribution in [2.45, 2.75) is 26.3 Å². The Kier molecular flexibility index (Phi) is 4.91. The van der Waals surface area contributed by atoms with E-state index in [-0.39, 0.29) is 19.0 Å². The summed E-state index contributed by atoms with van der Waals surface area (Å²) in [7, 11) is -3.42. The third-order valence-corrected chi connectivity index (χ3v) is 4.13. The molecule has 0 aromatic carbocycles. The average Bonchev–Trinajstić information content (AvgIpc) is 2.62. The third-order valence-electron chi connectivity index (χ3n) is 2.69. The third kappa shape index (κ3) is 4.61. The average molecular weight is 265 g/mol. The van der Waals surface area contributed by atoms with Gasteiger partial charge in [0.25, 0.3) is 0 Å². The molecule has 1 saturated heterocycles. The van der Waals surface area contributed by atoms with E-state index in [4.69, 9.17) is 9.84 Å². The van der Waals surface area contributed by atoms with Crippen molar-refractivity contribution in [2.75, 3.05) is 19.0 Å². The van der Waals surface area contributed by atoms with Crippen LogP contribution < -0.4 is 4.72 Å². The molecule has 0 amide bonds. The molecule has 100 valence electrons. The Morgan fingerprint density at radius 2 is 2.12 bits per heavy atom. The van der Waals surface area contributed by atoms with Crippen LogP contribution in [-0.4, -0.2) is 44.5 Å². The monoisotopic (exact) mass is 265 g/mol. The van der Waals surface area contributed by atoms with Gasteiger partial charge in [0.2, 0.25) is 10.0 Å². The number of nitrogens with one attached hydrogen (secondary N) is 1. The molecule has 1 rings (SSSR count). The van der Waals surface area contributed by atoms with Gasteiger partial charge in [0.05, 0.1) is 30.9 Å². The largest absolute Gasteiger partial charge is 0.481 e. The second kappa shape index (κ2) is 5.79. The first kappa shape index (κ1) is 14.4. The van der Waals surface area contributed by atoms with E-state index in [2.05, 4.69) is 4.72 Å². The standard InChI is InChI=1S/C10H19NO5S/c1-7(2)3-4-17(14,15)11-9-6-16-5-8(9)10(12)13/h7-9,11H,3-6H2,1-2H3,(H,12,13). The second-order valence-electron chi connectivity index (χ2n) is 4.71. The van der Waals surface area contributed by atoms with Gasteiger partial charge in [0.15, 0.2) is 0 Å². The van der Waals surface area contributed by atoms with E-state index >= 15 is 0 Å². The molecule has 1 aliphatic rings. The highest BCUT2D eigenvalue weighted by Gasteiger charge is 2.36. The van der Waals surface area contributed by atoms with Crippen LogP contribution in [0.1, 0.15) is 20.3 Å². The molecule has 17 heavy (non-hydrogen) atoms. The Morgan fingerprint density at radius 1 is 1.47 bits per heavy atom. The lowest BCUT2D eigenvalue weighted by Crippen LogP contribution is -2.43. The van der Waals surface area contributed by atoms with Crippen molar-refractivity contribution in [1.82, 2.24) is 4.72 Å². The van der Waals surface area contributed by atoms with E-state index in [1.54, 1.807) is 0 Å². The second-order valence-corrected chi connectivity index (χ2v) is 6.58. The molecule has 1 fully saturated rings. The lowest BCUT2D eigenvalue weighted by molar-refractivity contribution is -0.142. The van der Waals surface area contributed by atoms with Crippen LogP contribution >= 0.6 is 0 Å². The Hall–Kier alpha value is -0.660. The van der Waals surface area contributed by atoms with Crippen LogP contribution in [0.3, 0.4) is 0 Å². The molecule has 7 heteroatoms. The van der Waals surface area contributed by atoms with E-state index in [1.165, 1.54) is 0 Å². The molecule has 2 unspecified atom stereocenters. The van der Waals surface area contributed by atoms with Crippen molar-refractivity contribution in [3.05, 3.63) is 0 Å². The van der Waals surface area contributed by atoms with Gasteiger partial charge in [0.1, 0.15) is 0 Å². The minimum atomic E-state index is -3.42. The zero-order valence-electron chi connectivity index (χ0n) is 10.0. The van der Waals surface area contributed by atoms with Crippen molar-refractivity contribution in [3.63, 3.8) is 0 Å². The highest BCUT2D eigenvalue weighted by molar-refractivity contribution is 7.89. The van der Waals surface area contributed by atoms with Crippen molar-refractivity contribution in [1.29, 1.82) is 0 Å². The fraction of sp³-hybridized carbons (Fsp3) is 0.900. The van der Waals surface area contributed by atoms with Gasteiger partial charge in [-0.2, -0.15) is 0 Å². The minimum absolute atomic E-state index is 0.0213. The number of carbonyl (C=O) groups is 1. The van der Waals surface area contributed by atoms with Crippen LogP contribution in [0, 0.1) is 11.8 Å². The summed E-state index contributed by atoms with van der Waals surface area (Å²) in [6, 6.07) is -0.648. The number of ether oxygens (including phenoxy) is 1. The number of sulfonamides is 1. The fourth-order valence-electron chi connectivity index (χ4n) is 1.59. The summed E-state index contributed by atoms with van der Waals surface area (Å²) in [5.74, 6) is -1.50. The lowest BCUT2D eigenvalue weighted by Gasteiger charge is -2.16. The predicted octanol–water partition coefficient (Wildman–Crippen LogP) is 0.0515. The summed E-state index contributed by atoms with van der Waals surface area (Å²) in [5.41, 5.74) is 0. The Morgan fingerprint density at radius 3 is 2.65 bits per heavy atom. The first-order valence-corrected chi connectivity index (χ1v) is 7.27. The van der Waals surface area contributed by atoms with Crippen LogP contribution in [0.15, 0.2) is 0 Å². The summed E-state index contributed by atoms with van der Waals surface area (Å²) >= 11 is 0. The summed E-state index contributed by atoms with van der Waals surface area (Å²) < 4.78 is 30.8. The number of aliphatic carboxylic acids is 1. The Bertz CT molecular complexity index is 365. The van der Waals surface area contributed by atoms with Gasteiger partial charge in [-0.1, -0.05) is 13.8 Å². The molecule has 0 aromatic rings. The number of rotatable bonds is 6. The van der Waals surface area contributed by atoms with Crippen molar-refractivity contribution < 1.29 is 23.1 Å². The van der Waals surface area contributed by atoms with Gasteiger partial charge in [-0.25, -0.2) is 13.1 Å². The summed E-state index contributed by atoms with van der Waals surface area (Å²) in [5, 5.41) is 8.88. The Balaban J connectivity index is 2.55. The fourth-order valence-corrected chi connectivity index (χ4v) is 3.19. The molecular formula is C10H19NO5S. The van der Waals surface area contributed by atoms with Crippen molar-refractivity contribution in [2.24, 2.45) is 11.8 Å². The molecule has 0 aromatic heterocycles. The van der Waals surface area contributed by atoms with Crippen molar-refractivity contribution in [3.8, 4) is 0 Å².